The number of ether oxygens (including phenoxy) is 1. The first kappa shape index (κ1) is 19.1. The van der Waals surface area contributed by atoms with Crippen LogP contribution in [0.3, 0.4) is 0 Å². The second-order valence-electron chi connectivity index (χ2n) is 7.19. The number of benzene rings is 1. The Morgan fingerprint density at radius 2 is 1.86 bits per heavy atom. The Morgan fingerprint density at radius 1 is 1.14 bits per heavy atom. The first-order valence-corrected chi connectivity index (χ1v) is 9.74. The van der Waals surface area contributed by atoms with Crippen molar-refractivity contribution >= 4 is 28.7 Å². The Balaban J connectivity index is 1.77. The van der Waals surface area contributed by atoms with E-state index in [1.165, 1.54) is 0 Å². The first-order valence-electron chi connectivity index (χ1n) is 9.74. The van der Waals surface area contributed by atoms with Crippen LogP contribution in [0.4, 0.5) is 16.4 Å². The van der Waals surface area contributed by atoms with E-state index in [0.29, 0.717) is 30.5 Å². The molecule has 2 N–H and O–H groups in total. The SMILES string of the molecule is CNC(=O)Nc1ccc(-c2nc(N3CCOCC3)nc3nn(C(C)C)cc23)cc1. The van der Waals surface area contributed by atoms with Gasteiger partial charge in [0.25, 0.3) is 0 Å². The van der Waals surface area contributed by atoms with Gasteiger partial charge in [-0.15, -0.1) is 0 Å². The molecular formula is C20H25N7O2. The van der Waals surface area contributed by atoms with Gasteiger partial charge in [0.15, 0.2) is 5.65 Å². The highest BCUT2D eigenvalue weighted by Crippen LogP contribution is 2.29. The maximum Gasteiger partial charge on any atom is 0.318 e. The summed E-state index contributed by atoms with van der Waals surface area (Å²) in [5.74, 6) is 0.664. The van der Waals surface area contributed by atoms with Gasteiger partial charge < -0.3 is 20.3 Å². The second-order valence-corrected chi connectivity index (χ2v) is 7.19. The van der Waals surface area contributed by atoms with Crippen LogP contribution in [0.2, 0.25) is 0 Å². The molecule has 29 heavy (non-hydrogen) atoms. The van der Waals surface area contributed by atoms with Crippen molar-refractivity contribution in [3.63, 3.8) is 0 Å². The van der Waals surface area contributed by atoms with Crippen LogP contribution in [0.5, 0.6) is 0 Å². The highest BCUT2D eigenvalue weighted by Gasteiger charge is 2.19. The molecule has 0 atom stereocenters. The molecule has 0 bridgehead atoms. The van der Waals surface area contributed by atoms with Crippen molar-refractivity contribution in [2.24, 2.45) is 0 Å². The summed E-state index contributed by atoms with van der Waals surface area (Å²) in [6.07, 6.45) is 2.00. The number of urea groups is 1. The van der Waals surface area contributed by atoms with E-state index in [0.717, 1.165) is 29.7 Å². The molecule has 0 radical (unpaired) electrons. The minimum Gasteiger partial charge on any atom is -0.378 e. The molecule has 1 aliphatic heterocycles. The normalized spacial score (nSPS) is 14.4. The van der Waals surface area contributed by atoms with Gasteiger partial charge in [0.1, 0.15) is 0 Å². The lowest BCUT2D eigenvalue weighted by atomic mass is 10.1. The van der Waals surface area contributed by atoms with Gasteiger partial charge in [-0.2, -0.15) is 10.1 Å². The molecule has 3 heterocycles. The lowest BCUT2D eigenvalue weighted by molar-refractivity contribution is 0.122. The van der Waals surface area contributed by atoms with Crippen molar-refractivity contribution in [2.75, 3.05) is 43.6 Å². The summed E-state index contributed by atoms with van der Waals surface area (Å²) in [6.45, 7) is 7.01. The Bertz CT molecular complexity index is 1010. The molecule has 1 fully saturated rings. The molecular weight excluding hydrogens is 370 g/mol. The summed E-state index contributed by atoms with van der Waals surface area (Å²) in [4.78, 5) is 23.3. The van der Waals surface area contributed by atoms with Gasteiger partial charge in [0, 0.05) is 43.6 Å². The Labute approximate surface area is 169 Å². The molecule has 9 heteroatoms. The molecule has 1 aromatic carbocycles. The first-order chi connectivity index (χ1) is 14.0. The van der Waals surface area contributed by atoms with Crippen LogP contribution in [0.15, 0.2) is 30.5 Å². The van der Waals surface area contributed by atoms with Gasteiger partial charge in [0.2, 0.25) is 5.95 Å². The van der Waals surface area contributed by atoms with E-state index < -0.39 is 0 Å². The number of aromatic nitrogens is 4. The van der Waals surface area contributed by atoms with Crippen molar-refractivity contribution in [3.8, 4) is 11.3 Å². The number of rotatable bonds is 4. The number of carbonyl (C=O) groups excluding carboxylic acids is 1. The fourth-order valence-electron chi connectivity index (χ4n) is 3.21. The predicted octanol–water partition coefficient (Wildman–Crippen LogP) is 2.66. The molecule has 0 unspecified atom stereocenters. The second kappa shape index (κ2) is 8.04. The highest BCUT2D eigenvalue weighted by atomic mass is 16.5. The number of fused-ring (bicyclic) bond motifs is 1. The lowest BCUT2D eigenvalue weighted by Gasteiger charge is -2.27. The summed E-state index contributed by atoms with van der Waals surface area (Å²) < 4.78 is 7.37. The van der Waals surface area contributed by atoms with Gasteiger partial charge >= 0.3 is 6.03 Å². The van der Waals surface area contributed by atoms with Gasteiger partial charge in [-0.3, -0.25) is 4.68 Å². The largest absolute Gasteiger partial charge is 0.378 e. The van der Waals surface area contributed by atoms with Crippen LogP contribution in [-0.2, 0) is 4.74 Å². The number of anilines is 2. The van der Waals surface area contributed by atoms with E-state index >= 15 is 0 Å². The summed E-state index contributed by atoms with van der Waals surface area (Å²) in [5.41, 5.74) is 3.16. The average molecular weight is 395 g/mol. The van der Waals surface area contributed by atoms with Crippen LogP contribution in [0, 0.1) is 0 Å². The third-order valence-corrected chi connectivity index (χ3v) is 4.85. The molecule has 9 nitrogen and oxygen atoms in total. The Hall–Kier alpha value is -3.20. The van der Waals surface area contributed by atoms with Crippen molar-refractivity contribution in [2.45, 2.75) is 19.9 Å². The zero-order valence-corrected chi connectivity index (χ0v) is 16.8. The molecule has 0 aliphatic carbocycles. The van der Waals surface area contributed by atoms with Gasteiger partial charge in [-0.1, -0.05) is 12.1 Å². The van der Waals surface area contributed by atoms with Crippen LogP contribution in [-0.4, -0.2) is 59.1 Å². The van der Waals surface area contributed by atoms with E-state index in [1.54, 1.807) is 7.05 Å². The number of morpholine rings is 1. The number of carbonyl (C=O) groups is 1. The topological polar surface area (TPSA) is 97.2 Å². The monoisotopic (exact) mass is 395 g/mol. The molecule has 2 aromatic heterocycles. The molecule has 4 rings (SSSR count). The summed E-state index contributed by atoms with van der Waals surface area (Å²) >= 11 is 0. The molecule has 1 saturated heterocycles. The maximum atomic E-state index is 11.5. The molecule has 3 aromatic rings. The van der Waals surface area contributed by atoms with Crippen molar-refractivity contribution in [1.82, 2.24) is 25.1 Å². The zero-order valence-electron chi connectivity index (χ0n) is 16.8. The minimum absolute atomic E-state index is 0.225. The third kappa shape index (κ3) is 4.00. The summed E-state index contributed by atoms with van der Waals surface area (Å²) in [6, 6.07) is 7.59. The zero-order chi connectivity index (χ0) is 20.4. The average Bonchev–Trinajstić information content (AvgIpc) is 3.19. The van der Waals surface area contributed by atoms with E-state index in [-0.39, 0.29) is 12.1 Å². The minimum atomic E-state index is -0.255. The highest BCUT2D eigenvalue weighted by molar-refractivity contribution is 5.92. The molecule has 152 valence electrons. The number of amides is 2. The number of hydrogen-bond donors (Lipinski definition) is 2. The Morgan fingerprint density at radius 3 is 2.52 bits per heavy atom. The van der Waals surface area contributed by atoms with Crippen molar-refractivity contribution in [1.29, 1.82) is 0 Å². The van der Waals surface area contributed by atoms with E-state index in [4.69, 9.17) is 14.7 Å². The van der Waals surface area contributed by atoms with Crippen LogP contribution >= 0.6 is 0 Å². The van der Waals surface area contributed by atoms with E-state index in [1.807, 2.05) is 35.1 Å². The van der Waals surface area contributed by atoms with Gasteiger partial charge in [0.05, 0.1) is 24.3 Å². The third-order valence-electron chi connectivity index (χ3n) is 4.85. The molecule has 1 aliphatic rings. The van der Waals surface area contributed by atoms with Crippen molar-refractivity contribution < 1.29 is 9.53 Å². The predicted molar refractivity (Wildman–Crippen MR) is 112 cm³/mol. The van der Waals surface area contributed by atoms with Gasteiger partial charge in [-0.25, -0.2) is 9.78 Å². The number of nitrogens with zero attached hydrogens (tertiary/aromatic N) is 5. The number of nitrogens with one attached hydrogen (secondary N) is 2. The van der Waals surface area contributed by atoms with Gasteiger partial charge in [-0.05, 0) is 26.0 Å². The standard InChI is InChI=1S/C20H25N7O2/c1-13(2)27-12-16-17(14-4-6-15(7-5-14)22-20(28)21-3)23-19(24-18(16)25-27)26-8-10-29-11-9-26/h4-7,12-13H,8-11H2,1-3H3,(H2,21,22,28). The summed E-state index contributed by atoms with van der Waals surface area (Å²) in [7, 11) is 1.58. The summed E-state index contributed by atoms with van der Waals surface area (Å²) in [5, 5.41) is 10.9. The maximum absolute atomic E-state index is 11.5. The van der Waals surface area contributed by atoms with E-state index in [9.17, 15) is 4.79 Å². The molecule has 0 saturated carbocycles. The van der Waals surface area contributed by atoms with Crippen molar-refractivity contribution in [3.05, 3.63) is 30.5 Å². The number of hydrogen-bond acceptors (Lipinski definition) is 6. The smallest absolute Gasteiger partial charge is 0.318 e. The van der Waals surface area contributed by atoms with E-state index in [2.05, 4.69) is 34.5 Å². The Kier molecular flexibility index (Phi) is 5.30. The van der Waals surface area contributed by atoms with Crippen LogP contribution < -0.4 is 15.5 Å². The molecule has 2 amide bonds. The fraction of sp³-hybridized carbons (Fsp3) is 0.400. The van der Waals surface area contributed by atoms with Crippen LogP contribution in [0.1, 0.15) is 19.9 Å². The lowest BCUT2D eigenvalue weighted by Crippen LogP contribution is -2.37. The quantitative estimate of drug-likeness (QED) is 0.705. The fourth-order valence-corrected chi connectivity index (χ4v) is 3.21. The molecule has 0 spiro atoms. The van der Waals surface area contributed by atoms with Crippen LogP contribution in [0.25, 0.3) is 22.3 Å².